The van der Waals surface area contributed by atoms with Crippen molar-refractivity contribution in [3.8, 4) is 0 Å². The van der Waals surface area contributed by atoms with Gasteiger partial charge in [-0.3, -0.25) is 4.90 Å². The van der Waals surface area contributed by atoms with E-state index in [-0.39, 0.29) is 11.3 Å². The number of hydrogen-bond donors (Lipinski definition) is 1. The summed E-state index contributed by atoms with van der Waals surface area (Å²) in [5.41, 5.74) is 5.86. The molecule has 1 heterocycles. The summed E-state index contributed by atoms with van der Waals surface area (Å²) in [5, 5.41) is 0.615. The third-order valence-electron chi connectivity index (χ3n) is 3.29. The Kier molecular flexibility index (Phi) is 4.68. The number of nitrogens with zero attached hydrogens (tertiary/aromatic N) is 1. The summed E-state index contributed by atoms with van der Waals surface area (Å²) >= 11 is 1.92. The highest BCUT2D eigenvalue weighted by atomic mass is 32.2. The molecule has 0 amide bonds. The van der Waals surface area contributed by atoms with E-state index in [2.05, 4.69) is 11.8 Å². The molecule has 0 bridgehead atoms. The number of thioether (sulfide) groups is 1. The highest BCUT2D eigenvalue weighted by Gasteiger charge is 2.40. The van der Waals surface area contributed by atoms with E-state index < -0.39 is 9.84 Å². The molecule has 2 unspecified atom stereocenters. The summed E-state index contributed by atoms with van der Waals surface area (Å²) in [6.07, 6.45) is 2.33. The molecule has 4 nitrogen and oxygen atoms in total. The zero-order valence-corrected chi connectivity index (χ0v) is 11.9. The van der Waals surface area contributed by atoms with E-state index in [9.17, 15) is 8.42 Å². The van der Waals surface area contributed by atoms with Gasteiger partial charge in [-0.2, -0.15) is 11.8 Å². The molecule has 1 saturated heterocycles. The molecule has 0 aromatic rings. The van der Waals surface area contributed by atoms with Gasteiger partial charge < -0.3 is 5.73 Å². The van der Waals surface area contributed by atoms with Crippen molar-refractivity contribution in [2.24, 2.45) is 5.73 Å². The summed E-state index contributed by atoms with van der Waals surface area (Å²) < 4.78 is 22.3. The van der Waals surface area contributed by atoms with Crippen LogP contribution >= 0.6 is 11.8 Å². The predicted molar refractivity (Wildman–Crippen MR) is 70.7 cm³/mol. The molecule has 1 rings (SSSR count). The molecule has 0 aromatic heterocycles. The SMILES string of the molecule is CC1CC(CN)(N(C)CCS(C)(=O)=O)CS1. The Morgan fingerprint density at radius 3 is 2.56 bits per heavy atom. The lowest BCUT2D eigenvalue weighted by Crippen LogP contribution is -2.53. The van der Waals surface area contributed by atoms with Crippen LogP contribution in [0.15, 0.2) is 0 Å². The number of likely N-dealkylation sites (N-methyl/N-ethyl adjacent to an activating group) is 1. The molecular formula is C10H22N2O2S2. The van der Waals surface area contributed by atoms with E-state index in [1.165, 1.54) is 6.26 Å². The molecule has 16 heavy (non-hydrogen) atoms. The summed E-state index contributed by atoms with van der Waals surface area (Å²) in [4.78, 5) is 2.13. The minimum absolute atomic E-state index is 0.00519. The minimum Gasteiger partial charge on any atom is -0.329 e. The van der Waals surface area contributed by atoms with Crippen LogP contribution < -0.4 is 5.73 Å². The van der Waals surface area contributed by atoms with Gasteiger partial charge in [-0.25, -0.2) is 8.42 Å². The van der Waals surface area contributed by atoms with Crippen molar-refractivity contribution in [3.05, 3.63) is 0 Å². The molecule has 6 heteroatoms. The highest BCUT2D eigenvalue weighted by molar-refractivity contribution is 8.00. The number of sulfone groups is 1. The van der Waals surface area contributed by atoms with Crippen LogP contribution in [0.3, 0.4) is 0 Å². The zero-order chi connectivity index (χ0) is 12.4. The van der Waals surface area contributed by atoms with Gasteiger partial charge in [0, 0.05) is 35.9 Å². The molecule has 2 atom stereocenters. The first kappa shape index (κ1) is 14.3. The van der Waals surface area contributed by atoms with E-state index in [0.717, 1.165) is 12.2 Å². The molecule has 0 aromatic carbocycles. The first-order valence-corrected chi connectivity index (χ1v) is 8.61. The maximum absolute atomic E-state index is 11.1. The lowest BCUT2D eigenvalue weighted by molar-refractivity contribution is 0.155. The van der Waals surface area contributed by atoms with E-state index >= 15 is 0 Å². The van der Waals surface area contributed by atoms with Crippen LogP contribution in [0, 0.1) is 0 Å². The third kappa shape index (κ3) is 3.61. The molecule has 1 aliphatic rings. The number of hydrogen-bond acceptors (Lipinski definition) is 5. The quantitative estimate of drug-likeness (QED) is 0.769. The lowest BCUT2D eigenvalue weighted by Gasteiger charge is -2.37. The Bertz CT molecular complexity index is 332. The molecule has 96 valence electrons. The molecule has 0 aliphatic carbocycles. The molecular weight excluding hydrogens is 244 g/mol. The van der Waals surface area contributed by atoms with Crippen molar-refractivity contribution in [1.29, 1.82) is 0 Å². The van der Waals surface area contributed by atoms with Crippen molar-refractivity contribution in [2.45, 2.75) is 24.1 Å². The molecule has 1 aliphatic heterocycles. The summed E-state index contributed by atoms with van der Waals surface area (Å²) in [7, 11) is -0.904. The second-order valence-corrected chi connectivity index (χ2v) is 8.49. The largest absolute Gasteiger partial charge is 0.329 e. The summed E-state index contributed by atoms with van der Waals surface area (Å²) in [6.45, 7) is 3.38. The Balaban J connectivity index is 2.60. The van der Waals surface area contributed by atoms with Gasteiger partial charge in [0.15, 0.2) is 0 Å². The Morgan fingerprint density at radius 1 is 1.56 bits per heavy atom. The average molecular weight is 266 g/mol. The van der Waals surface area contributed by atoms with Gasteiger partial charge in [0.2, 0.25) is 0 Å². The maximum atomic E-state index is 11.1. The first-order chi connectivity index (χ1) is 7.29. The molecule has 1 fully saturated rings. The van der Waals surface area contributed by atoms with Crippen molar-refractivity contribution < 1.29 is 8.42 Å². The Hall–Kier alpha value is 0.220. The average Bonchev–Trinajstić information content (AvgIpc) is 2.56. The monoisotopic (exact) mass is 266 g/mol. The standard InChI is InChI=1S/C10H22N2O2S2/c1-9-6-10(7-11,8-15-9)12(2)4-5-16(3,13)14/h9H,4-8,11H2,1-3H3. The van der Waals surface area contributed by atoms with Crippen molar-refractivity contribution in [3.63, 3.8) is 0 Å². The van der Waals surface area contributed by atoms with Gasteiger partial charge in [-0.1, -0.05) is 6.92 Å². The lowest BCUT2D eigenvalue weighted by atomic mass is 9.94. The highest BCUT2D eigenvalue weighted by Crippen LogP contribution is 2.37. The molecule has 0 radical (unpaired) electrons. The number of rotatable bonds is 5. The normalized spacial score (nSPS) is 31.2. The number of nitrogens with two attached hydrogens (primary N) is 1. The third-order valence-corrected chi connectivity index (χ3v) is 5.66. The van der Waals surface area contributed by atoms with Crippen LogP contribution in [-0.4, -0.2) is 62.0 Å². The van der Waals surface area contributed by atoms with Crippen LogP contribution in [0.5, 0.6) is 0 Å². The molecule has 0 spiro atoms. The Labute approximate surface area is 103 Å². The summed E-state index contributed by atoms with van der Waals surface area (Å²) in [5.74, 6) is 1.22. The van der Waals surface area contributed by atoms with Crippen LogP contribution in [0.1, 0.15) is 13.3 Å². The summed E-state index contributed by atoms with van der Waals surface area (Å²) in [6, 6.07) is 0. The van der Waals surface area contributed by atoms with Crippen LogP contribution in [0.4, 0.5) is 0 Å². The predicted octanol–water partition coefficient (Wildman–Crippen LogP) is 0.186. The van der Waals surface area contributed by atoms with Crippen molar-refractivity contribution >= 4 is 21.6 Å². The second kappa shape index (κ2) is 5.25. The molecule has 2 N–H and O–H groups in total. The minimum atomic E-state index is -2.89. The van der Waals surface area contributed by atoms with Gasteiger partial charge >= 0.3 is 0 Å². The fraction of sp³-hybridized carbons (Fsp3) is 1.00. The fourth-order valence-corrected chi connectivity index (χ4v) is 4.14. The maximum Gasteiger partial charge on any atom is 0.148 e. The van der Waals surface area contributed by atoms with Crippen LogP contribution in [0.25, 0.3) is 0 Å². The van der Waals surface area contributed by atoms with E-state index in [1.807, 2.05) is 18.8 Å². The van der Waals surface area contributed by atoms with Crippen LogP contribution in [0.2, 0.25) is 0 Å². The zero-order valence-electron chi connectivity index (χ0n) is 10.3. The van der Waals surface area contributed by atoms with Gasteiger partial charge in [-0.05, 0) is 13.5 Å². The fourth-order valence-electron chi connectivity index (χ4n) is 2.05. The van der Waals surface area contributed by atoms with Gasteiger partial charge in [0.05, 0.1) is 5.75 Å². The van der Waals surface area contributed by atoms with Crippen LogP contribution in [-0.2, 0) is 9.84 Å². The van der Waals surface area contributed by atoms with E-state index in [1.54, 1.807) is 0 Å². The van der Waals surface area contributed by atoms with Gasteiger partial charge in [0.25, 0.3) is 0 Å². The van der Waals surface area contributed by atoms with Crippen molar-refractivity contribution in [1.82, 2.24) is 4.90 Å². The smallest absolute Gasteiger partial charge is 0.148 e. The van der Waals surface area contributed by atoms with Gasteiger partial charge in [0.1, 0.15) is 9.84 Å². The molecule has 0 saturated carbocycles. The first-order valence-electron chi connectivity index (χ1n) is 5.50. The van der Waals surface area contributed by atoms with Gasteiger partial charge in [-0.15, -0.1) is 0 Å². The Morgan fingerprint density at radius 2 is 2.19 bits per heavy atom. The van der Waals surface area contributed by atoms with E-state index in [4.69, 9.17) is 5.73 Å². The topological polar surface area (TPSA) is 63.4 Å². The second-order valence-electron chi connectivity index (χ2n) is 4.81. The van der Waals surface area contributed by atoms with E-state index in [0.29, 0.717) is 18.3 Å². The van der Waals surface area contributed by atoms with Crippen molar-refractivity contribution in [2.75, 3.05) is 37.9 Å².